The van der Waals surface area contributed by atoms with Crippen molar-refractivity contribution >= 4 is 11.8 Å². The maximum Gasteiger partial charge on any atom is 0.253 e. The first kappa shape index (κ1) is 22.6. The number of aryl methyl sites for hydroxylation is 2. The molecule has 0 aliphatic carbocycles. The molecule has 0 N–H and O–H groups in total. The van der Waals surface area contributed by atoms with Gasteiger partial charge in [-0.2, -0.15) is 0 Å². The van der Waals surface area contributed by atoms with Gasteiger partial charge in [0, 0.05) is 50.1 Å². The summed E-state index contributed by atoms with van der Waals surface area (Å²) >= 11 is 0. The minimum atomic E-state index is 0.0237. The first-order valence-electron chi connectivity index (χ1n) is 11.3. The van der Waals surface area contributed by atoms with Crippen molar-refractivity contribution in [3.8, 4) is 17.1 Å². The van der Waals surface area contributed by atoms with Crippen molar-refractivity contribution in [2.24, 2.45) is 0 Å². The van der Waals surface area contributed by atoms with Crippen LogP contribution in [0.15, 0.2) is 59.1 Å². The summed E-state index contributed by atoms with van der Waals surface area (Å²) in [6.45, 7) is 4.26. The molecule has 1 aromatic heterocycles. The predicted octanol–water partition coefficient (Wildman–Crippen LogP) is 3.83. The van der Waals surface area contributed by atoms with E-state index in [0.29, 0.717) is 56.2 Å². The first-order chi connectivity index (χ1) is 16.1. The third-order valence-electron chi connectivity index (χ3n) is 6.01. The Kier molecular flexibility index (Phi) is 7.07. The molecule has 1 aliphatic rings. The van der Waals surface area contributed by atoms with E-state index >= 15 is 0 Å². The van der Waals surface area contributed by atoms with E-state index in [1.54, 1.807) is 13.3 Å². The Hall–Kier alpha value is -3.61. The molecule has 7 nitrogen and oxygen atoms in total. The van der Waals surface area contributed by atoms with Crippen molar-refractivity contribution in [3.05, 3.63) is 71.7 Å². The molecule has 3 aromatic rings. The maximum absolute atomic E-state index is 12.7. The van der Waals surface area contributed by atoms with Crippen molar-refractivity contribution < 1.29 is 18.7 Å². The number of hydrogen-bond acceptors (Lipinski definition) is 5. The van der Waals surface area contributed by atoms with Crippen LogP contribution in [0.1, 0.15) is 35.2 Å². The molecule has 0 spiro atoms. The molecule has 2 amide bonds. The van der Waals surface area contributed by atoms with Gasteiger partial charge < -0.3 is 19.0 Å². The van der Waals surface area contributed by atoms with Crippen LogP contribution in [0.3, 0.4) is 0 Å². The Labute approximate surface area is 194 Å². The Balaban J connectivity index is 1.25. The van der Waals surface area contributed by atoms with Crippen LogP contribution in [0.25, 0.3) is 11.3 Å². The third-order valence-corrected chi connectivity index (χ3v) is 6.01. The van der Waals surface area contributed by atoms with Gasteiger partial charge >= 0.3 is 0 Å². The number of methoxy groups -OCH3 is 1. The summed E-state index contributed by atoms with van der Waals surface area (Å²) in [6, 6.07) is 15.3. The van der Waals surface area contributed by atoms with Gasteiger partial charge in [-0.3, -0.25) is 9.59 Å². The normalized spacial score (nSPS) is 13.8. The van der Waals surface area contributed by atoms with Crippen LogP contribution in [-0.4, -0.2) is 59.9 Å². The Morgan fingerprint density at radius 2 is 1.64 bits per heavy atom. The monoisotopic (exact) mass is 447 g/mol. The van der Waals surface area contributed by atoms with Gasteiger partial charge in [0.2, 0.25) is 5.91 Å². The second-order valence-corrected chi connectivity index (χ2v) is 8.07. The summed E-state index contributed by atoms with van der Waals surface area (Å²) in [5, 5.41) is 0. The van der Waals surface area contributed by atoms with Crippen LogP contribution in [0.5, 0.6) is 5.75 Å². The van der Waals surface area contributed by atoms with Crippen molar-refractivity contribution in [3.63, 3.8) is 0 Å². The van der Waals surface area contributed by atoms with Crippen LogP contribution in [-0.2, 0) is 17.6 Å². The number of carbonyl (C=O) groups is 2. The smallest absolute Gasteiger partial charge is 0.253 e. The van der Waals surface area contributed by atoms with Crippen LogP contribution in [0.4, 0.5) is 0 Å². The second-order valence-electron chi connectivity index (χ2n) is 8.07. The molecular weight excluding hydrogens is 418 g/mol. The second kappa shape index (κ2) is 10.3. The highest BCUT2D eigenvalue weighted by atomic mass is 16.5. The molecule has 33 heavy (non-hydrogen) atoms. The maximum atomic E-state index is 12.7. The zero-order valence-corrected chi connectivity index (χ0v) is 19.1. The number of piperazine rings is 1. The zero-order valence-electron chi connectivity index (χ0n) is 19.1. The lowest BCUT2D eigenvalue weighted by Gasteiger charge is -2.34. The highest BCUT2D eigenvalue weighted by Crippen LogP contribution is 2.23. The lowest BCUT2D eigenvalue weighted by atomic mass is 10.1. The highest BCUT2D eigenvalue weighted by Gasteiger charge is 2.25. The lowest BCUT2D eigenvalue weighted by molar-refractivity contribution is -0.132. The average molecular weight is 448 g/mol. The number of nitrogens with zero attached hydrogens (tertiary/aromatic N) is 3. The molecule has 0 atom stereocenters. The molecule has 172 valence electrons. The molecule has 4 rings (SSSR count). The standard InChI is InChI=1S/C26H29N3O4/c1-3-19-4-6-21(7-5-19)26(31)29-16-14-28(15-17-29)25(30)13-12-24-27-18-23(33-24)20-8-10-22(32-2)11-9-20/h4-11,18H,3,12-17H2,1-2H3. The van der Waals surface area contributed by atoms with Gasteiger partial charge in [0.1, 0.15) is 5.75 Å². The van der Waals surface area contributed by atoms with E-state index in [1.165, 1.54) is 5.56 Å². The van der Waals surface area contributed by atoms with Crippen molar-refractivity contribution in [1.29, 1.82) is 0 Å². The molecule has 0 saturated carbocycles. The third kappa shape index (κ3) is 5.42. The SMILES string of the molecule is CCc1ccc(C(=O)N2CCN(C(=O)CCc3ncc(-c4ccc(OC)cc4)o3)CC2)cc1. The number of benzene rings is 2. The Bertz CT molecular complexity index is 1080. The van der Waals surface area contributed by atoms with Crippen LogP contribution < -0.4 is 4.74 Å². The lowest BCUT2D eigenvalue weighted by Crippen LogP contribution is -2.50. The Morgan fingerprint density at radius 1 is 0.970 bits per heavy atom. The van der Waals surface area contributed by atoms with E-state index in [-0.39, 0.29) is 11.8 Å². The number of oxazole rings is 1. The van der Waals surface area contributed by atoms with Crippen molar-refractivity contribution in [2.45, 2.75) is 26.2 Å². The van der Waals surface area contributed by atoms with Crippen molar-refractivity contribution in [1.82, 2.24) is 14.8 Å². The minimum absolute atomic E-state index is 0.0237. The van der Waals surface area contributed by atoms with Gasteiger partial charge in [-0.05, 0) is 48.4 Å². The van der Waals surface area contributed by atoms with E-state index in [2.05, 4.69) is 11.9 Å². The summed E-state index contributed by atoms with van der Waals surface area (Å²) in [5.41, 5.74) is 2.82. The number of aromatic nitrogens is 1. The molecule has 7 heteroatoms. The molecule has 0 bridgehead atoms. The minimum Gasteiger partial charge on any atom is -0.497 e. The summed E-state index contributed by atoms with van der Waals surface area (Å²) in [4.78, 5) is 33.4. The molecule has 2 aromatic carbocycles. The van der Waals surface area contributed by atoms with Crippen LogP contribution >= 0.6 is 0 Å². The topological polar surface area (TPSA) is 75.9 Å². The van der Waals surface area contributed by atoms with Gasteiger partial charge in [0.15, 0.2) is 11.7 Å². The average Bonchev–Trinajstić information content (AvgIpc) is 3.36. The fourth-order valence-electron chi connectivity index (χ4n) is 3.91. The van der Waals surface area contributed by atoms with E-state index in [9.17, 15) is 9.59 Å². The fourth-order valence-corrected chi connectivity index (χ4v) is 3.91. The number of hydrogen-bond donors (Lipinski definition) is 0. The van der Waals surface area contributed by atoms with Crippen LogP contribution in [0, 0.1) is 0 Å². The summed E-state index contributed by atoms with van der Waals surface area (Å²) in [7, 11) is 1.63. The van der Waals surface area contributed by atoms with Gasteiger partial charge in [-0.25, -0.2) is 4.98 Å². The molecule has 1 saturated heterocycles. The molecule has 2 heterocycles. The van der Waals surface area contributed by atoms with Gasteiger partial charge in [-0.1, -0.05) is 19.1 Å². The van der Waals surface area contributed by atoms with Crippen molar-refractivity contribution in [2.75, 3.05) is 33.3 Å². The van der Waals surface area contributed by atoms with E-state index < -0.39 is 0 Å². The molecule has 0 unspecified atom stereocenters. The number of carbonyl (C=O) groups excluding carboxylic acids is 2. The van der Waals surface area contributed by atoms with Gasteiger partial charge in [0.25, 0.3) is 5.91 Å². The summed E-state index contributed by atoms with van der Waals surface area (Å²) < 4.78 is 11.0. The zero-order chi connectivity index (χ0) is 23.2. The highest BCUT2D eigenvalue weighted by molar-refractivity contribution is 5.94. The predicted molar refractivity (Wildman–Crippen MR) is 125 cm³/mol. The molecule has 1 aliphatic heterocycles. The van der Waals surface area contributed by atoms with Gasteiger partial charge in [-0.15, -0.1) is 0 Å². The summed E-state index contributed by atoms with van der Waals surface area (Å²) in [6.07, 6.45) is 3.40. The summed E-state index contributed by atoms with van der Waals surface area (Å²) in [5.74, 6) is 2.06. The number of rotatable bonds is 7. The van der Waals surface area contributed by atoms with E-state index in [1.807, 2.05) is 58.3 Å². The number of amides is 2. The van der Waals surface area contributed by atoms with E-state index in [4.69, 9.17) is 9.15 Å². The molecular formula is C26H29N3O4. The first-order valence-corrected chi connectivity index (χ1v) is 11.3. The van der Waals surface area contributed by atoms with E-state index in [0.717, 1.165) is 17.7 Å². The van der Waals surface area contributed by atoms with Crippen LogP contribution in [0.2, 0.25) is 0 Å². The molecule has 0 radical (unpaired) electrons. The quantitative estimate of drug-likeness (QED) is 0.550. The largest absolute Gasteiger partial charge is 0.497 e. The fraction of sp³-hybridized carbons (Fsp3) is 0.346. The Morgan fingerprint density at radius 3 is 2.27 bits per heavy atom. The number of ether oxygens (including phenoxy) is 1. The molecule has 1 fully saturated rings. The van der Waals surface area contributed by atoms with Gasteiger partial charge in [0.05, 0.1) is 13.3 Å².